The number of halogens is 3. The highest BCUT2D eigenvalue weighted by Crippen LogP contribution is 2.26. The molecule has 0 aliphatic carbocycles. The zero-order valence-electron chi connectivity index (χ0n) is 16.5. The average Bonchev–Trinajstić information content (AvgIpc) is 2.75. The number of nitriles is 1. The maximum absolute atomic E-state index is 12.6. The van der Waals surface area contributed by atoms with Gasteiger partial charge in [0.25, 0.3) is 5.91 Å². The Morgan fingerprint density at radius 1 is 1.13 bits per heavy atom. The molecule has 1 amide bonds. The molecular formula is C24H17Cl2IN2O2. The molecule has 1 N–H and O–H groups in total. The van der Waals surface area contributed by atoms with Gasteiger partial charge in [0.2, 0.25) is 0 Å². The highest BCUT2D eigenvalue weighted by atomic mass is 127. The van der Waals surface area contributed by atoms with E-state index in [1.165, 1.54) is 6.08 Å². The first-order chi connectivity index (χ1) is 14.9. The minimum atomic E-state index is -0.498. The van der Waals surface area contributed by atoms with Crippen molar-refractivity contribution in [3.05, 3.63) is 96.5 Å². The van der Waals surface area contributed by atoms with E-state index in [4.69, 9.17) is 27.9 Å². The first-order valence-corrected chi connectivity index (χ1v) is 11.1. The van der Waals surface area contributed by atoms with E-state index >= 15 is 0 Å². The summed E-state index contributed by atoms with van der Waals surface area (Å²) in [5, 5.41) is 13.4. The van der Waals surface area contributed by atoms with Crippen LogP contribution in [0.3, 0.4) is 0 Å². The Labute approximate surface area is 204 Å². The van der Waals surface area contributed by atoms with Gasteiger partial charge in [-0.1, -0.05) is 53.5 Å². The second-order valence-electron chi connectivity index (χ2n) is 6.61. The standard InChI is InChI=1S/C24H17Cl2IN2O2/c1-15-19(25)7-4-8-22(15)29-24(30)18(13-28)11-16-9-10-23(21(27)12-16)31-14-17-5-2-3-6-20(17)26/h2-12H,14H2,1H3,(H,29,30)/b18-11-. The first kappa shape index (κ1) is 23.1. The number of nitrogens with zero attached hydrogens (tertiary/aromatic N) is 1. The van der Waals surface area contributed by atoms with Crippen molar-refractivity contribution in [3.8, 4) is 11.8 Å². The number of hydrogen-bond donors (Lipinski definition) is 1. The topological polar surface area (TPSA) is 62.1 Å². The van der Waals surface area contributed by atoms with Crippen LogP contribution >= 0.6 is 45.8 Å². The summed E-state index contributed by atoms with van der Waals surface area (Å²) in [7, 11) is 0. The maximum atomic E-state index is 12.6. The van der Waals surface area contributed by atoms with Gasteiger partial charge in [-0.05, 0) is 77.0 Å². The molecule has 0 bridgehead atoms. The van der Waals surface area contributed by atoms with Crippen LogP contribution in [0.2, 0.25) is 10.0 Å². The summed E-state index contributed by atoms with van der Waals surface area (Å²) in [6, 6.07) is 20.1. The van der Waals surface area contributed by atoms with Gasteiger partial charge in [0.15, 0.2) is 0 Å². The summed E-state index contributed by atoms with van der Waals surface area (Å²) in [6.45, 7) is 2.15. The van der Waals surface area contributed by atoms with Gasteiger partial charge < -0.3 is 10.1 Å². The SMILES string of the molecule is Cc1c(Cl)cccc1NC(=O)/C(C#N)=C\c1ccc(OCc2ccccc2Cl)c(I)c1. The molecule has 0 spiro atoms. The smallest absolute Gasteiger partial charge is 0.266 e. The number of benzene rings is 3. The number of carbonyl (C=O) groups is 1. The Balaban J connectivity index is 1.74. The van der Waals surface area contributed by atoms with Crippen molar-refractivity contribution in [2.24, 2.45) is 0 Å². The van der Waals surface area contributed by atoms with Crippen LogP contribution in [0.1, 0.15) is 16.7 Å². The van der Waals surface area contributed by atoms with Crippen molar-refractivity contribution in [1.82, 2.24) is 0 Å². The van der Waals surface area contributed by atoms with Crippen molar-refractivity contribution >= 4 is 63.5 Å². The van der Waals surface area contributed by atoms with Crippen molar-refractivity contribution in [2.75, 3.05) is 5.32 Å². The van der Waals surface area contributed by atoms with E-state index in [1.807, 2.05) is 36.4 Å². The van der Waals surface area contributed by atoms with Crippen molar-refractivity contribution < 1.29 is 9.53 Å². The number of anilines is 1. The highest BCUT2D eigenvalue weighted by Gasteiger charge is 2.12. The average molecular weight is 563 g/mol. The third-order valence-corrected chi connectivity index (χ3v) is 6.11. The fourth-order valence-corrected chi connectivity index (χ4v) is 3.80. The summed E-state index contributed by atoms with van der Waals surface area (Å²) in [5.41, 5.74) is 2.90. The van der Waals surface area contributed by atoms with Gasteiger partial charge >= 0.3 is 0 Å². The predicted molar refractivity (Wildman–Crippen MR) is 133 cm³/mol. The third kappa shape index (κ3) is 6.01. The Hall–Kier alpha value is -2.53. The van der Waals surface area contributed by atoms with E-state index in [9.17, 15) is 10.1 Å². The van der Waals surface area contributed by atoms with Gasteiger partial charge in [0, 0.05) is 21.3 Å². The fourth-order valence-electron chi connectivity index (χ4n) is 2.74. The Kier molecular flexibility index (Phi) is 7.97. The third-order valence-electron chi connectivity index (χ3n) is 4.49. The van der Waals surface area contributed by atoms with E-state index < -0.39 is 5.91 Å². The molecule has 0 aromatic heterocycles. The summed E-state index contributed by atoms with van der Waals surface area (Å²) in [5.74, 6) is 0.192. The normalized spacial score (nSPS) is 11.0. The van der Waals surface area contributed by atoms with Crippen LogP contribution in [-0.2, 0) is 11.4 Å². The van der Waals surface area contributed by atoms with Crippen molar-refractivity contribution in [3.63, 3.8) is 0 Å². The van der Waals surface area contributed by atoms with Gasteiger partial charge in [0.05, 0.1) is 3.57 Å². The van der Waals surface area contributed by atoms with Crippen molar-refractivity contribution in [1.29, 1.82) is 5.26 Å². The summed E-state index contributed by atoms with van der Waals surface area (Å²) < 4.78 is 6.72. The molecule has 0 radical (unpaired) electrons. The Morgan fingerprint density at radius 2 is 1.87 bits per heavy atom. The molecule has 0 fully saturated rings. The van der Waals surface area contributed by atoms with E-state index in [0.717, 1.165) is 14.7 Å². The van der Waals surface area contributed by atoms with E-state index in [-0.39, 0.29) is 5.57 Å². The zero-order valence-corrected chi connectivity index (χ0v) is 20.1. The molecule has 3 aromatic rings. The monoisotopic (exact) mass is 562 g/mol. The second kappa shape index (κ2) is 10.7. The summed E-state index contributed by atoms with van der Waals surface area (Å²) >= 11 is 14.4. The van der Waals surface area contributed by atoms with Gasteiger partial charge in [-0.2, -0.15) is 5.26 Å². The van der Waals surface area contributed by atoms with Gasteiger partial charge in [-0.25, -0.2) is 0 Å². The number of rotatable bonds is 6. The molecule has 0 saturated carbocycles. The lowest BCUT2D eigenvalue weighted by atomic mass is 10.1. The minimum Gasteiger partial charge on any atom is -0.488 e. The molecule has 4 nitrogen and oxygen atoms in total. The van der Waals surface area contributed by atoms with Crippen LogP contribution in [-0.4, -0.2) is 5.91 Å². The molecule has 3 aromatic carbocycles. The molecule has 0 aliphatic rings. The maximum Gasteiger partial charge on any atom is 0.266 e. The lowest BCUT2D eigenvalue weighted by molar-refractivity contribution is -0.112. The number of amides is 1. The molecule has 3 rings (SSSR count). The minimum absolute atomic E-state index is 0.0140. The molecule has 31 heavy (non-hydrogen) atoms. The van der Waals surface area contributed by atoms with Crippen LogP contribution in [0.4, 0.5) is 5.69 Å². The lowest BCUT2D eigenvalue weighted by Crippen LogP contribution is -2.14. The number of ether oxygens (including phenoxy) is 1. The van der Waals surface area contributed by atoms with Gasteiger partial charge in [-0.3, -0.25) is 4.79 Å². The van der Waals surface area contributed by atoms with Gasteiger partial charge in [-0.15, -0.1) is 0 Å². The molecule has 0 saturated heterocycles. The zero-order chi connectivity index (χ0) is 22.4. The fraction of sp³-hybridized carbons (Fsp3) is 0.0833. The lowest BCUT2D eigenvalue weighted by Gasteiger charge is -2.11. The van der Waals surface area contributed by atoms with Crippen LogP contribution in [0.25, 0.3) is 6.08 Å². The Bertz CT molecular complexity index is 1200. The molecule has 0 unspecified atom stereocenters. The molecule has 0 heterocycles. The number of nitrogens with one attached hydrogen (secondary N) is 1. The quantitative estimate of drug-likeness (QED) is 0.199. The molecule has 0 atom stereocenters. The summed E-state index contributed by atoms with van der Waals surface area (Å²) in [6.07, 6.45) is 1.54. The van der Waals surface area contributed by atoms with Crippen LogP contribution in [0.5, 0.6) is 5.75 Å². The molecule has 7 heteroatoms. The van der Waals surface area contributed by atoms with E-state index in [0.29, 0.717) is 33.7 Å². The van der Waals surface area contributed by atoms with Gasteiger partial charge in [0.1, 0.15) is 24.0 Å². The van der Waals surface area contributed by atoms with Crippen molar-refractivity contribution in [2.45, 2.75) is 13.5 Å². The molecule has 0 aliphatic heterocycles. The van der Waals surface area contributed by atoms with E-state index in [1.54, 1.807) is 37.3 Å². The molecular weight excluding hydrogens is 546 g/mol. The first-order valence-electron chi connectivity index (χ1n) is 9.23. The largest absolute Gasteiger partial charge is 0.488 e. The van der Waals surface area contributed by atoms with E-state index in [2.05, 4.69) is 27.9 Å². The van der Waals surface area contributed by atoms with Crippen LogP contribution < -0.4 is 10.1 Å². The summed E-state index contributed by atoms with van der Waals surface area (Å²) in [4.78, 5) is 12.6. The number of hydrogen-bond acceptors (Lipinski definition) is 3. The highest BCUT2D eigenvalue weighted by molar-refractivity contribution is 14.1. The Morgan fingerprint density at radius 3 is 2.58 bits per heavy atom. The predicted octanol–water partition coefficient (Wildman–Crippen LogP) is 7.03. The molecule has 156 valence electrons. The van der Waals surface area contributed by atoms with Crippen LogP contribution in [0, 0.1) is 21.8 Å². The number of carbonyl (C=O) groups excluding carboxylic acids is 1. The second-order valence-corrected chi connectivity index (χ2v) is 8.58. The van der Waals surface area contributed by atoms with Crippen LogP contribution in [0.15, 0.2) is 66.2 Å².